The van der Waals surface area contributed by atoms with Crippen LogP contribution in [0.25, 0.3) is 9.75 Å². The summed E-state index contributed by atoms with van der Waals surface area (Å²) in [6.45, 7) is 3.10. The zero-order chi connectivity index (χ0) is 15.0. The van der Waals surface area contributed by atoms with Crippen molar-refractivity contribution in [2.45, 2.75) is 24.9 Å². The molecule has 5 nitrogen and oxygen atoms in total. The Morgan fingerprint density at radius 2 is 2.05 bits per heavy atom. The maximum absolute atomic E-state index is 12.3. The summed E-state index contributed by atoms with van der Waals surface area (Å²) in [6.07, 6.45) is 2.44. The third-order valence-electron chi connectivity index (χ3n) is 4.49. The lowest BCUT2D eigenvalue weighted by Crippen LogP contribution is -2.54. The molecule has 3 fully saturated rings. The molecule has 5 heterocycles. The third kappa shape index (κ3) is 2.64. The first-order valence-corrected chi connectivity index (χ1v) is 9.20. The number of ether oxygens (including phenoxy) is 1. The van der Waals surface area contributed by atoms with E-state index in [-0.39, 0.29) is 11.7 Å². The Morgan fingerprint density at radius 3 is 2.73 bits per heavy atom. The molecule has 5 rings (SSSR count). The number of piperidine rings is 3. The second-order valence-corrected chi connectivity index (χ2v) is 7.60. The molecule has 0 aliphatic carbocycles. The Bertz CT molecular complexity index is 646. The van der Waals surface area contributed by atoms with Crippen LogP contribution in [0.4, 0.5) is 10.6 Å². The van der Waals surface area contributed by atoms with Crippen LogP contribution < -0.4 is 5.32 Å². The maximum Gasteiger partial charge on any atom is 0.413 e. The highest BCUT2D eigenvalue weighted by Crippen LogP contribution is 2.37. The van der Waals surface area contributed by atoms with E-state index in [1.54, 1.807) is 16.8 Å². The number of thiophene rings is 1. The fourth-order valence-electron chi connectivity index (χ4n) is 3.19. The van der Waals surface area contributed by atoms with Crippen LogP contribution in [-0.4, -0.2) is 41.2 Å². The molecule has 0 aromatic carbocycles. The van der Waals surface area contributed by atoms with Gasteiger partial charge < -0.3 is 9.64 Å². The number of hydrogen-bond donors (Lipinski definition) is 1. The van der Waals surface area contributed by atoms with Gasteiger partial charge in [0.2, 0.25) is 0 Å². The van der Waals surface area contributed by atoms with E-state index in [0.29, 0.717) is 5.82 Å². The van der Waals surface area contributed by atoms with Gasteiger partial charge in [0.15, 0.2) is 5.82 Å². The van der Waals surface area contributed by atoms with Crippen LogP contribution in [-0.2, 0) is 4.74 Å². The summed E-state index contributed by atoms with van der Waals surface area (Å²) in [5.41, 5.74) is 1.49. The van der Waals surface area contributed by atoms with Crippen LogP contribution in [0.2, 0.25) is 0 Å². The molecule has 0 radical (unpaired) electrons. The van der Waals surface area contributed by atoms with Crippen molar-refractivity contribution in [2.75, 3.05) is 25.0 Å². The van der Waals surface area contributed by atoms with Crippen LogP contribution in [0.1, 0.15) is 19.3 Å². The van der Waals surface area contributed by atoms with Crippen LogP contribution in [0.3, 0.4) is 0 Å². The molecule has 2 aromatic rings. The fourth-order valence-corrected chi connectivity index (χ4v) is 4.80. The van der Waals surface area contributed by atoms with E-state index in [2.05, 4.69) is 15.2 Å². The van der Waals surface area contributed by atoms with E-state index in [4.69, 9.17) is 4.74 Å². The number of anilines is 1. The van der Waals surface area contributed by atoms with Gasteiger partial charge in [0.25, 0.3) is 0 Å². The summed E-state index contributed by atoms with van der Waals surface area (Å²) in [6, 6.07) is 4.03. The number of carbonyl (C=O) groups is 1. The molecule has 3 aliphatic heterocycles. The van der Waals surface area contributed by atoms with Gasteiger partial charge in [-0.2, -0.15) is 0 Å². The van der Waals surface area contributed by atoms with Crippen molar-refractivity contribution in [3.63, 3.8) is 0 Å². The van der Waals surface area contributed by atoms with Crippen molar-refractivity contribution in [3.8, 4) is 9.75 Å². The number of rotatable bonds is 3. The van der Waals surface area contributed by atoms with E-state index in [0.717, 1.165) is 48.7 Å². The average molecular weight is 335 g/mol. The zero-order valence-electron chi connectivity index (χ0n) is 12.1. The SMILES string of the molecule is O=C(Nc1ncsc1-c1cccs1)OC12CCN(CC1)CC2. The summed E-state index contributed by atoms with van der Waals surface area (Å²) in [5, 5.41) is 4.85. The Hall–Kier alpha value is -1.44. The first-order chi connectivity index (χ1) is 10.7. The number of amides is 1. The minimum absolute atomic E-state index is 0.266. The fraction of sp³-hybridized carbons (Fsp3) is 0.467. The summed E-state index contributed by atoms with van der Waals surface area (Å²) in [5.74, 6) is 0.599. The first kappa shape index (κ1) is 14.2. The maximum atomic E-state index is 12.3. The molecule has 3 aliphatic rings. The van der Waals surface area contributed by atoms with Gasteiger partial charge in [0.05, 0.1) is 10.4 Å². The number of nitrogens with zero attached hydrogens (tertiary/aromatic N) is 2. The zero-order valence-corrected chi connectivity index (χ0v) is 13.7. The molecular weight excluding hydrogens is 318 g/mol. The number of aromatic nitrogens is 1. The van der Waals surface area contributed by atoms with E-state index >= 15 is 0 Å². The van der Waals surface area contributed by atoms with E-state index < -0.39 is 0 Å². The molecule has 1 amide bonds. The highest BCUT2D eigenvalue weighted by molar-refractivity contribution is 7.20. The Balaban J connectivity index is 1.46. The molecule has 7 heteroatoms. The van der Waals surface area contributed by atoms with Crippen LogP contribution in [0.5, 0.6) is 0 Å². The van der Waals surface area contributed by atoms with Gasteiger partial charge in [-0.05, 0) is 11.4 Å². The Kier molecular flexibility index (Phi) is 3.63. The number of nitrogens with one attached hydrogen (secondary N) is 1. The number of thiazole rings is 1. The van der Waals surface area contributed by atoms with Gasteiger partial charge in [0, 0.05) is 43.8 Å². The molecule has 22 heavy (non-hydrogen) atoms. The van der Waals surface area contributed by atoms with Gasteiger partial charge in [-0.25, -0.2) is 9.78 Å². The first-order valence-electron chi connectivity index (χ1n) is 7.44. The molecule has 0 spiro atoms. The van der Waals surface area contributed by atoms with Crippen molar-refractivity contribution >= 4 is 34.6 Å². The Morgan fingerprint density at radius 1 is 1.27 bits per heavy atom. The molecule has 2 bridgehead atoms. The molecule has 2 aromatic heterocycles. The highest BCUT2D eigenvalue weighted by atomic mass is 32.1. The van der Waals surface area contributed by atoms with Crippen LogP contribution >= 0.6 is 22.7 Å². The van der Waals surface area contributed by atoms with Gasteiger partial charge in [-0.15, -0.1) is 22.7 Å². The number of hydrogen-bond acceptors (Lipinski definition) is 6. The predicted molar refractivity (Wildman–Crippen MR) is 88.6 cm³/mol. The average Bonchev–Trinajstić information content (AvgIpc) is 3.19. The second kappa shape index (κ2) is 5.64. The minimum Gasteiger partial charge on any atom is -0.443 e. The van der Waals surface area contributed by atoms with Gasteiger partial charge in [-0.3, -0.25) is 5.32 Å². The highest BCUT2D eigenvalue weighted by Gasteiger charge is 2.42. The molecule has 0 saturated carbocycles. The standard InChI is InChI=1S/C15H17N3O2S2/c19-14(20-15-3-6-18(7-4-15)8-5-15)17-13-12(22-10-16-13)11-2-1-9-21-11/h1-2,9-10H,3-8H2,(H,17,19). The van der Waals surface area contributed by atoms with Crippen molar-refractivity contribution < 1.29 is 9.53 Å². The number of fused-ring (bicyclic) bond motifs is 3. The third-order valence-corrected chi connectivity index (χ3v) is 6.37. The summed E-state index contributed by atoms with van der Waals surface area (Å²) in [4.78, 5) is 21.1. The monoisotopic (exact) mass is 335 g/mol. The molecule has 0 atom stereocenters. The summed E-state index contributed by atoms with van der Waals surface area (Å²) >= 11 is 3.17. The summed E-state index contributed by atoms with van der Waals surface area (Å²) in [7, 11) is 0. The summed E-state index contributed by atoms with van der Waals surface area (Å²) < 4.78 is 5.80. The van der Waals surface area contributed by atoms with Crippen molar-refractivity contribution in [2.24, 2.45) is 0 Å². The second-order valence-electron chi connectivity index (χ2n) is 5.80. The largest absolute Gasteiger partial charge is 0.443 e. The topological polar surface area (TPSA) is 54.5 Å². The quantitative estimate of drug-likeness (QED) is 0.930. The molecular formula is C15H17N3O2S2. The van der Waals surface area contributed by atoms with E-state index in [9.17, 15) is 4.79 Å². The lowest BCUT2D eigenvalue weighted by Gasteiger charge is -2.47. The predicted octanol–water partition coefficient (Wildman–Crippen LogP) is 3.66. The van der Waals surface area contributed by atoms with Crippen LogP contribution in [0.15, 0.2) is 23.0 Å². The van der Waals surface area contributed by atoms with Crippen molar-refractivity contribution in [1.82, 2.24) is 9.88 Å². The molecule has 0 unspecified atom stereocenters. The Labute approximate surface area is 136 Å². The molecule has 3 saturated heterocycles. The van der Waals surface area contributed by atoms with Gasteiger partial charge in [-0.1, -0.05) is 6.07 Å². The van der Waals surface area contributed by atoms with E-state index in [1.807, 2.05) is 17.5 Å². The molecule has 116 valence electrons. The van der Waals surface area contributed by atoms with Gasteiger partial charge in [0.1, 0.15) is 5.60 Å². The van der Waals surface area contributed by atoms with Crippen molar-refractivity contribution in [3.05, 3.63) is 23.0 Å². The lowest BCUT2D eigenvalue weighted by atomic mass is 9.83. The lowest BCUT2D eigenvalue weighted by molar-refractivity contribution is -0.0742. The van der Waals surface area contributed by atoms with Crippen LogP contribution in [0, 0.1) is 0 Å². The normalized spacial score (nSPS) is 26.8. The number of carbonyl (C=O) groups excluding carboxylic acids is 1. The molecule has 1 N–H and O–H groups in total. The minimum atomic E-state index is -0.376. The van der Waals surface area contributed by atoms with Gasteiger partial charge >= 0.3 is 6.09 Å². The van der Waals surface area contributed by atoms with Crippen molar-refractivity contribution in [1.29, 1.82) is 0 Å². The smallest absolute Gasteiger partial charge is 0.413 e. The van der Waals surface area contributed by atoms with E-state index in [1.165, 1.54) is 11.3 Å².